The summed E-state index contributed by atoms with van der Waals surface area (Å²) >= 11 is 0. The lowest BCUT2D eigenvalue weighted by Gasteiger charge is -2.09. The highest BCUT2D eigenvalue weighted by atomic mass is 16.4. The van der Waals surface area contributed by atoms with Crippen LogP contribution in [0.25, 0.3) is 16.5 Å². The van der Waals surface area contributed by atoms with Crippen LogP contribution in [0.2, 0.25) is 0 Å². The molecule has 0 bridgehead atoms. The van der Waals surface area contributed by atoms with Crippen LogP contribution in [0, 0.1) is 0 Å². The quantitative estimate of drug-likeness (QED) is 0.770. The fraction of sp³-hybridized carbons (Fsp3) is 0. The van der Waals surface area contributed by atoms with Gasteiger partial charge in [-0.3, -0.25) is 14.3 Å². The first kappa shape index (κ1) is 12.1. The maximum atomic E-state index is 12.0. The summed E-state index contributed by atoms with van der Waals surface area (Å²) in [5, 5.41) is 10.8. The van der Waals surface area contributed by atoms with Gasteiger partial charge in [-0.25, -0.2) is 4.79 Å². The van der Waals surface area contributed by atoms with Crippen LogP contribution in [-0.2, 0) is 0 Å². The summed E-state index contributed by atoms with van der Waals surface area (Å²) in [6, 6.07) is 9.81. The topological polar surface area (TPSA) is 72.2 Å². The number of carbonyl (C=O) groups is 1. The van der Waals surface area contributed by atoms with Crippen LogP contribution < -0.4 is 5.56 Å². The molecule has 0 amide bonds. The molecule has 3 aromatic rings. The molecule has 1 N–H and O–H groups in total. The second-order valence-electron chi connectivity index (χ2n) is 4.31. The van der Waals surface area contributed by atoms with E-state index in [2.05, 4.69) is 4.98 Å². The standard InChI is InChI=1S/C15H10N2O3/c18-14-5-4-11(15(19)20)9-17(14)13-3-1-2-10-8-16-7-6-12(10)13/h1-9H,(H,19,20). The average Bonchev–Trinajstić information content (AvgIpc) is 2.47. The number of aromatic carboxylic acids is 1. The maximum Gasteiger partial charge on any atom is 0.337 e. The van der Waals surface area contributed by atoms with E-state index in [1.807, 2.05) is 6.07 Å². The van der Waals surface area contributed by atoms with E-state index >= 15 is 0 Å². The van der Waals surface area contributed by atoms with Crippen molar-refractivity contribution in [1.82, 2.24) is 9.55 Å². The summed E-state index contributed by atoms with van der Waals surface area (Å²) in [5.74, 6) is -1.07. The fourth-order valence-electron chi connectivity index (χ4n) is 2.12. The maximum absolute atomic E-state index is 12.0. The van der Waals surface area contributed by atoms with Crippen molar-refractivity contribution in [3.8, 4) is 5.69 Å². The molecule has 0 unspecified atom stereocenters. The van der Waals surface area contributed by atoms with Gasteiger partial charge >= 0.3 is 5.97 Å². The van der Waals surface area contributed by atoms with Crippen LogP contribution in [0.3, 0.4) is 0 Å². The van der Waals surface area contributed by atoms with Crippen molar-refractivity contribution in [2.45, 2.75) is 0 Å². The number of benzene rings is 1. The third-order valence-corrected chi connectivity index (χ3v) is 3.08. The molecule has 0 radical (unpaired) electrons. The summed E-state index contributed by atoms with van der Waals surface area (Å²) in [7, 11) is 0. The molecule has 20 heavy (non-hydrogen) atoms. The van der Waals surface area contributed by atoms with Gasteiger partial charge in [0, 0.05) is 35.4 Å². The van der Waals surface area contributed by atoms with Crippen LogP contribution in [0.5, 0.6) is 0 Å². The lowest BCUT2D eigenvalue weighted by Crippen LogP contribution is -2.18. The van der Waals surface area contributed by atoms with E-state index in [1.165, 1.54) is 22.9 Å². The molecule has 0 atom stereocenters. The molecule has 0 aliphatic heterocycles. The Morgan fingerprint density at radius 3 is 2.80 bits per heavy atom. The normalized spacial score (nSPS) is 10.6. The Kier molecular flexibility index (Phi) is 2.80. The number of pyridine rings is 2. The zero-order valence-corrected chi connectivity index (χ0v) is 10.4. The van der Waals surface area contributed by atoms with Crippen LogP contribution >= 0.6 is 0 Å². The molecule has 0 aliphatic carbocycles. The summed E-state index contributed by atoms with van der Waals surface area (Å²) in [6.45, 7) is 0. The summed E-state index contributed by atoms with van der Waals surface area (Å²) in [5.41, 5.74) is 0.424. The third-order valence-electron chi connectivity index (χ3n) is 3.08. The van der Waals surface area contributed by atoms with Crippen LogP contribution in [-0.4, -0.2) is 20.6 Å². The number of hydrogen-bond acceptors (Lipinski definition) is 3. The van der Waals surface area contributed by atoms with Crippen molar-refractivity contribution in [3.63, 3.8) is 0 Å². The van der Waals surface area contributed by atoms with Gasteiger partial charge in [0.1, 0.15) is 0 Å². The Morgan fingerprint density at radius 1 is 1.15 bits per heavy atom. The second-order valence-corrected chi connectivity index (χ2v) is 4.31. The molecule has 0 saturated carbocycles. The molecular weight excluding hydrogens is 256 g/mol. The summed E-state index contributed by atoms with van der Waals surface area (Å²) in [4.78, 5) is 27.1. The van der Waals surface area contributed by atoms with Crippen LogP contribution in [0.4, 0.5) is 0 Å². The van der Waals surface area contributed by atoms with Gasteiger partial charge < -0.3 is 5.11 Å². The van der Waals surface area contributed by atoms with Gasteiger partial charge in [0.15, 0.2) is 0 Å². The van der Waals surface area contributed by atoms with Crippen LogP contribution in [0.1, 0.15) is 10.4 Å². The minimum Gasteiger partial charge on any atom is -0.478 e. The first-order valence-corrected chi connectivity index (χ1v) is 5.96. The van der Waals surface area contributed by atoms with Crippen molar-refractivity contribution in [3.05, 3.63) is 70.9 Å². The van der Waals surface area contributed by atoms with Crippen molar-refractivity contribution in [2.24, 2.45) is 0 Å². The molecule has 0 saturated heterocycles. The molecule has 0 spiro atoms. The molecular formula is C15H10N2O3. The van der Waals surface area contributed by atoms with Gasteiger partial charge in [-0.15, -0.1) is 0 Å². The van der Waals surface area contributed by atoms with Gasteiger partial charge in [-0.1, -0.05) is 12.1 Å². The van der Waals surface area contributed by atoms with Crippen molar-refractivity contribution >= 4 is 16.7 Å². The molecule has 98 valence electrons. The molecule has 3 rings (SSSR count). The van der Waals surface area contributed by atoms with E-state index in [9.17, 15) is 9.59 Å². The molecule has 0 fully saturated rings. The lowest BCUT2D eigenvalue weighted by atomic mass is 10.1. The average molecular weight is 266 g/mol. The second kappa shape index (κ2) is 4.62. The van der Waals surface area contributed by atoms with Gasteiger partial charge in [-0.05, 0) is 18.2 Å². The zero-order valence-electron chi connectivity index (χ0n) is 10.4. The Hall–Kier alpha value is -2.95. The van der Waals surface area contributed by atoms with Gasteiger partial charge in [0.05, 0.1) is 11.3 Å². The number of carboxylic acids is 1. The van der Waals surface area contributed by atoms with Gasteiger partial charge in [0.2, 0.25) is 0 Å². The highest BCUT2D eigenvalue weighted by Gasteiger charge is 2.09. The highest BCUT2D eigenvalue weighted by Crippen LogP contribution is 2.20. The highest BCUT2D eigenvalue weighted by molar-refractivity contribution is 5.90. The predicted octanol–water partition coefficient (Wildman–Crippen LogP) is 2.08. The number of fused-ring (bicyclic) bond motifs is 1. The fourth-order valence-corrected chi connectivity index (χ4v) is 2.12. The minimum atomic E-state index is -1.07. The van der Waals surface area contributed by atoms with E-state index in [1.54, 1.807) is 30.6 Å². The van der Waals surface area contributed by atoms with Crippen molar-refractivity contribution in [2.75, 3.05) is 0 Å². The van der Waals surface area contributed by atoms with E-state index in [0.29, 0.717) is 5.69 Å². The molecule has 2 aromatic heterocycles. The van der Waals surface area contributed by atoms with E-state index in [-0.39, 0.29) is 11.1 Å². The molecule has 5 heteroatoms. The summed E-state index contributed by atoms with van der Waals surface area (Å²) < 4.78 is 1.34. The third kappa shape index (κ3) is 1.95. The minimum absolute atomic E-state index is 0.0654. The number of nitrogens with zero attached hydrogens (tertiary/aromatic N) is 2. The first-order valence-electron chi connectivity index (χ1n) is 5.96. The molecule has 5 nitrogen and oxygen atoms in total. The smallest absolute Gasteiger partial charge is 0.337 e. The van der Waals surface area contributed by atoms with E-state index in [0.717, 1.165) is 10.8 Å². The largest absolute Gasteiger partial charge is 0.478 e. The van der Waals surface area contributed by atoms with Crippen molar-refractivity contribution < 1.29 is 9.90 Å². The van der Waals surface area contributed by atoms with E-state index in [4.69, 9.17) is 5.11 Å². The number of rotatable bonds is 2. The zero-order chi connectivity index (χ0) is 14.1. The van der Waals surface area contributed by atoms with Gasteiger partial charge in [-0.2, -0.15) is 0 Å². The number of hydrogen-bond donors (Lipinski definition) is 1. The van der Waals surface area contributed by atoms with Crippen molar-refractivity contribution in [1.29, 1.82) is 0 Å². The SMILES string of the molecule is O=C(O)c1ccc(=O)n(-c2cccc3cnccc23)c1. The monoisotopic (exact) mass is 266 g/mol. The predicted molar refractivity (Wildman–Crippen MR) is 74.3 cm³/mol. The lowest BCUT2D eigenvalue weighted by molar-refractivity contribution is 0.0696. The molecule has 0 aliphatic rings. The Bertz CT molecular complexity index is 863. The Labute approximate surface area is 113 Å². The molecule has 1 aromatic carbocycles. The van der Waals surface area contributed by atoms with Crippen LogP contribution in [0.15, 0.2) is 59.8 Å². The van der Waals surface area contributed by atoms with E-state index < -0.39 is 5.97 Å². The number of carboxylic acid groups (broad SMARTS) is 1. The Morgan fingerprint density at radius 2 is 2.00 bits per heavy atom. The number of aromatic nitrogens is 2. The summed E-state index contributed by atoms with van der Waals surface area (Å²) in [6.07, 6.45) is 4.67. The van der Waals surface area contributed by atoms with Gasteiger partial charge in [0.25, 0.3) is 5.56 Å². The Balaban J connectivity index is 2.33. The molecule has 2 heterocycles. The first-order chi connectivity index (χ1) is 9.66.